The van der Waals surface area contributed by atoms with E-state index in [-0.39, 0.29) is 12.2 Å². The zero-order valence-corrected chi connectivity index (χ0v) is 8.17. The Labute approximate surface area is 78.9 Å². The van der Waals surface area contributed by atoms with E-state index in [1.54, 1.807) is 13.8 Å². The molecule has 1 amide bonds. The lowest BCUT2D eigenvalue weighted by Gasteiger charge is -2.08. The summed E-state index contributed by atoms with van der Waals surface area (Å²) in [6.07, 6.45) is 1.71. The maximum Gasteiger partial charge on any atom is 0.407 e. The van der Waals surface area contributed by atoms with Crippen LogP contribution in [0.4, 0.5) is 4.79 Å². The predicted molar refractivity (Wildman–Crippen MR) is 49.1 cm³/mol. The smallest absolute Gasteiger partial charge is 0.407 e. The fraction of sp³-hybridized carbons (Fsp3) is 0.778. The van der Waals surface area contributed by atoms with Crippen LogP contribution in [-0.2, 0) is 4.74 Å². The monoisotopic (exact) mass is 184 g/mol. The van der Waals surface area contributed by atoms with Gasteiger partial charge in [0.1, 0.15) is 0 Å². The van der Waals surface area contributed by atoms with E-state index in [2.05, 4.69) is 5.32 Å². The van der Waals surface area contributed by atoms with Crippen LogP contribution in [0, 0.1) is 11.3 Å². The number of ether oxygens (including phenoxy) is 1. The number of hydrogen-bond donors (Lipinski definition) is 1. The quantitative estimate of drug-likeness (QED) is 0.663. The van der Waals surface area contributed by atoms with Gasteiger partial charge in [0.2, 0.25) is 0 Å². The number of nitriles is 1. The molecule has 0 rings (SSSR count). The molecule has 0 fully saturated rings. The van der Waals surface area contributed by atoms with Crippen LogP contribution >= 0.6 is 0 Å². The molecule has 0 heterocycles. The van der Waals surface area contributed by atoms with Crippen molar-refractivity contribution in [2.45, 2.75) is 39.2 Å². The normalized spacial score (nSPS) is 9.38. The molecule has 0 aliphatic rings. The first-order valence-corrected chi connectivity index (χ1v) is 4.48. The molecule has 4 nitrogen and oxygen atoms in total. The lowest BCUT2D eigenvalue weighted by Crippen LogP contribution is -2.27. The SMILES string of the molecule is CC(C)OC(=O)NCCCCC#N. The highest BCUT2D eigenvalue weighted by atomic mass is 16.6. The Hall–Kier alpha value is -1.24. The Morgan fingerprint density at radius 1 is 1.54 bits per heavy atom. The Morgan fingerprint density at radius 3 is 2.77 bits per heavy atom. The number of nitrogens with one attached hydrogen (secondary N) is 1. The number of hydrogen-bond acceptors (Lipinski definition) is 3. The van der Waals surface area contributed by atoms with Gasteiger partial charge < -0.3 is 10.1 Å². The van der Waals surface area contributed by atoms with Crippen molar-refractivity contribution in [3.05, 3.63) is 0 Å². The summed E-state index contributed by atoms with van der Waals surface area (Å²) in [5.41, 5.74) is 0. The lowest BCUT2D eigenvalue weighted by atomic mass is 10.2. The molecule has 4 heteroatoms. The minimum Gasteiger partial charge on any atom is -0.447 e. The van der Waals surface area contributed by atoms with E-state index >= 15 is 0 Å². The third-order valence-electron chi connectivity index (χ3n) is 1.33. The number of unbranched alkanes of at least 4 members (excludes halogenated alkanes) is 2. The highest BCUT2D eigenvalue weighted by molar-refractivity contribution is 5.67. The molecule has 0 aromatic heterocycles. The van der Waals surface area contributed by atoms with Crippen molar-refractivity contribution in [3.8, 4) is 6.07 Å². The van der Waals surface area contributed by atoms with Gasteiger partial charge in [0, 0.05) is 13.0 Å². The van der Waals surface area contributed by atoms with E-state index in [9.17, 15) is 4.79 Å². The maximum atomic E-state index is 10.9. The standard InChI is InChI=1S/C9H16N2O2/c1-8(2)13-9(12)11-7-5-3-4-6-10/h8H,3-5,7H2,1-2H3,(H,11,12). The van der Waals surface area contributed by atoms with Crippen LogP contribution in [0.15, 0.2) is 0 Å². The molecule has 0 saturated carbocycles. The average molecular weight is 184 g/mol. The summed E-state index contributed by atoms with van der Waals surface area (Å²) in [7, 11) is 0. The molecule has 0 atom stereocenters. The molecule has 74 valence electrons. The van der Waals surface area contributed by atoms with E-state index < -0.39 is 0 Å². The fourth-order valence-electron chi connectivity index (χ4n) is 0.775. The van der Waals surface area contributed by atoms with Crippen LogP contribution in [0.5, 0.6) is 0 Å². The van der Waals surface area contributed by atoms with Crippen molar-refractivity contribution in [3.63, 3.8) is 0 Å². The summed E-state index contributed by atoms with van der Waals surface area (Å²) in [4.78, 5) is 10.9. The number of nitrogens with zero attached hydrogens (tertiary/aromatic N) is 1. The number of rotatable bonds is 5. The maximum absolute atomic E-state index is 10.9. The molecule has 0 aliphatic carbocycles. The van der Waals surface area contributed by atoms with Crippen molar-refractivity contribution < 1.29 is 9.53 Å². The number of alkyl carbamates (subject to hydrolysis) is 1. The zero-order valence-electron chi connectivity index (χ0n) is 8.17. The van der Waals surface area contributed by atoms with Gasteiger partial charge in [-0.05, 0) is 26.7 Å². The second-order valence-corrected chi connectivity index (χ2v) is 3.00. The summed E-state index contributed by atoms with van der Waals surface area (Å²) in [5, 5.41) is 10.8. The number of amides is 1. The van der Waals surface area contributed by atoms with Crippen LogP contribution in [0.1, 0.15) is 33.1 Å². The van der Waals surface area contributed by atoms with Gasteiger partial charge >= 0.3 is 6.09 Å². The van der Waals surface area contributed by atoms with Crippen LogP contribution in [0.2, 0.25) is 0 Å². The van der Waals surface area contributed by atoms with E-state index in [1.807, 2.05) is 6.07 Å². The third kappa shape index (κ3) is 8.67. The highest BCUT2D eigenvalue weighted by Gasteiger charge is 2.02. The van der Waals surface area contributed by atoms with E-state index in [0.29, 0.717) is 13.0 Å². The molecule has 0 radical (unpaired) electrons. The van der Waals surface area contributed by atoms with Gasteiger partial charge in [-0.15, -0.1) is 0 Å². The molecule has 0 bridgehead atoms. The van der Waals surface area contributed by atoms with E-state index in [1.165, 1.54) is 0 Å². The Balaban J connectivity index is 3.23. The summed E-state index contributed by atoms with van der Waals surface area (Å²) < 4.78 is 4.84. The molecule has 0 aliphatic heterocycles. The largest absolute Gasteiger partial charge is 0.447 e. The van der Waals surface area contributed by atoms with Gasteiger partial charge in [-0.2, -0.15) is 5.26 Å². The zero-order chi connectivity index (χ0) is 10.1. The summed E-state index contributed by atoms with van der Waals surface area (Å²) in [6, 6.07) is 2.04. The molecule has 0 spiro atoms. The molecule has 1 N–H and O–H groups in total. The van der Waals surface area contributed by atoms with E-state index in [0.717, 1.165) is 12.8 Å². The van der Waals surface area contributed by atoms with Gasteiger partial charge in [0.05, 0.1) is 12.2 Å². The van der Waals surface area contributed by atoms with Crippen molar-refractivity contribution in [2.24, 2.45) is 0 Å². The van der Waals surface area contributed by atoms with Crippen molar-refractivity contribution in [1.82, 2.24) is 5.32 Å². The van der Waals surface area contributed by atoms with Crippen molar-refractivity contribution in [2.75, 3.05) is 6.54 Å². The minimum atomic E-state index is -0.382. The molecule has 0 aromatic rings. The fourth-order valence-corrected chi connectivity index (χ4v) is 0.775. The highest BCUT2D eigenvalue weighted by Crippen LogP contribution is 1.92. The van der Waals surface area contributed by atoms with Crippen LogP contribution in [0.25, 0.3) is 0 Å². The van der Waals surface area contributed by atoms with Crippen LogP contribution in [-0.4, -0.2) is 18.7 Å². The summed E-state index contributed by atoms with van der Waals surface area (Å²) in [5.74, 6) is 0. The molecule has 0 aromatic carbocycles. The Morgan fingerprint density at radius 2 is 2.23 bits per heavy atom. The van der Waals surface area contributed by atoms with E-state index in [4.69, 9.17) is 10.00 Å². The van der Waals surface area contributed by atoms with Gasteiger partial charge in [-0.25, -0.2) is 4.79 Å². The second-order valence-electron chi connectivity index (χ2n) is 3.00. The number of carbonyl (C=O) groups excluding carboxylic acids is 1. The van der Waals surface area contributed by atoms with Crippen molar-refractivity contribution in [1.29, 1.82) is 5.26 Å². The topological polar surface area (TPSA) is 62.1 Å². The lowest BCUT2D eigenvalue weighted by molar-refractivity contribution is 0.115. The first-order valence-electron chi connectivity index (χ1n) is 4.48. The molecular weight excluding hydrogens is 168 g/mol. The molecule has 0 saturated heterocycles. The van der Waals surface area contributed by atoms with Gasteiger partial charge in [-0.3, -0.25) is 0 Å². The summed E-state index contributed by atoms with van der Waals surface area (Å²) in [6.45, 7) is 4.18. The van der Waals surface area contributed by atoms with Crippen LogP contribution in [0.3, 0.4) is 0 Å². The van der Waals surface area contributed by atoms with Gasteiger partial charge in [0.15, 0.2) is 0 Å². The third-order valence-corrected chi connectivity index (χ3v) is 1.33. The summed E-state index contributed by atoms with van der Waals surface area (Å²) >= 11 is 0. The van der Waals surface area contributed by atoms with Crippen molar-refractivity contribution >= 4 is 6.09 Å². The molecule has 13 heavy (non-hydrogen) atoms. The predicted octanol–water partition coefficient (Wildman–Crippen LogP) is 1.81. The Bertz CT molecular complexity index is 185. The first-order chi connectivity index (χ1) is 6.16. The minimum absolute atomic E-state index is 0.0842. The number of carbonyl (C=O) groups is 1. The van der Waals surface area contributed by atoms with Crippen LogP contribution < -0.4 is 5.32 Å². The van der Waals surface area contributed by atoms with Gasteiger partial charge in [0.25, 0.3) is 0 Å². The molecular formula is C9H16N2O2. The second kappa shape index (κ2) is 7.41. The first kappa shape index (κ1) is 11.8. The Kier molecular flexibility index (Phi) is 6.70. The molecule has 0 unspecified atom stereocenters. The average Bonchev–Trinajstić information content (AvgIpc) is 2.02. The van der Waals surface area contributed by atoms with Gasteiger partial charge in [-0.1, -0.05) is 0 Å².